The quantitative estimate of drug-likeness (QED) is 0.503. The molecular weight excluding hydrogens is 277 g/mol. The summed E-state index contributed by atoms with van der Waals surface area (Å²) in [7, 11) is 1.68. The van der Waals surface area contributed by atoms with Crippen LogP contribution in [0.15, 0.2) is 36.5 Å². The number of hydrogen-bond donors (Lipinski definition) is 1. The van der Waals surface area contributed by atoms with Gasteiger partial charge in [0.2, 0.25) is 0 Å². The highest BCUT2D eigenvalue weighted by atomic mass is 19.1. The van der Waals surface area contributed by atoms with Gasteiger partial charge in [-0.15, -0.1) is 0 Å². The number of likely N-dealkylation sites (N-methyl/N-ethyl adjacent to an activating group) is 1. The van der Waals surface area contributed by atoms with Gasteiger partial charge in [0.15, 0.2) is 5.78 Å². The van der Waals surface area contributed by atoms with E-state index in [1.54, 1.807) is 30.1 Å². The van der Waals surface area contributed by atoms with E-state index in [9.17, 15) is 19.3 Å². The Bertz CT molecular complexity index is 669. The Kier molecular flexibility index (Phi) is 4.44. The molecule has 1 aromatic carbocycles. The summed E-state index contributed by atoms with van der Waals surface area (Å²) in [6.07, 6.45) is 1.17. The molecule has 0 atom stereocenters. The van der Waals surface area contributed by atoms with Crippen LogP contribution in [-0.2, 0) is 6.54 Å². The lowest BCUT2D eigenvalue weighted by atomic mass is 10.2. The molecular formula is C14H14FN3O3. The van der Waals surface area contributed by atoms with Crippen molar-refractivity contribution >= 4 is 11.5 Å². The molecule has 0 amide bonds. The van der Waals surface area contributed by atoms with E-state index in [0.717, 1.165) is 0 Å². The highest BCUT2D eigenvalue weighted by Crippen LogP contribution is 2.14. The third kappa shape index (κ3) is 3.73. The number of ketones is 1. The fourth-order valence-corrected chi connectivity index (χ4v) is 1.95. The lowest BCUT2D eigenvalue weighted by Crippen LogP contribution is -2.26. The molecule has 0 unspecified atom stereocenters. The number of benzene rings is 1. The molecule has 0 aliphatic rings. The number of carbonyl (C=O) groups excluding carboxylic acids is 1. The maximum Gasteiger partial charge on any atom is 0.287 e. The van der Waals surface area contributed by atoms with E-state index in [1.807, 2.05) is 0 Å². The van der Waals surface area contributed by atoms with Crippen molar-refractivity contribution in [2.75, 3.05) is 13.6 Å². The first-order valence-corrected chi connectivity index (χ1v) is 6.25. The smallest absolute Gasteiger partial charge is 0.287 e. The number of aromatic nitrogens is 1. The van der Waals surface area contributed by atoms with Crippen molar-refractivity contribution in [3.63, 3.8) is 0 Å². The minimum Gasteiger partial charge on any atom is -0.353 e. The summed E-state index contributed by atoms with van der Waals surface area (Å²) in [6.45, 7) is 0.313. The van der Waals surface area contributed by atoms with Gasteiger partial charge in [0.1, 0.15) is 5.82 Å². The number of nitrogens with one attached hydrogen (secondary N) is 1. The molecule has 0 aliphatic carbocycles. The van der Waals surface area contributed by atoms with E-state index in [-0.39, 0.29) is 36.1 Å². The lowest BCUT2D eigenvalue weighted by Gasteiger charge is -2.15. The summed E-state index contributed by atoms with van der Waals surface area (Å²) < 4.78 is 13.5. The molecule has 0 saturated carbocycles. The number of H-pyrrole nitrogens is 1. The van der Waals surface area contributed by atoms with Crippen LogP contribution in [0.3, 0.4) is 0 Å². The van der Waals surface area contributed by atoms with Crippen LogP contribution in [-0.4, -0.2) is 34.2 Å². The fourth-order valence-electron chi connectivity index (χ4n) is 1.95. The van der Waals surface area contributed by atoms with Crippen LogP contribution in [0.2, 0.25) is 0 Å². The molecule has 1 heterocycles. The van der Waals surface area contributed by atoms with Gasteiger partial charge in [-0.2, -0.15) is 0 Å². The van der Waals surface area contributed by atoms with Gasteiger partial charge in [0.25, 0.3) is 5.69 Å². The minimum atomic E-state index is -0.573. The molecule has 0 spiro atoms. The van der Waals surface area contributed by atoms with Crippen molar-refractivity contribution in [1.29, 1.82) is 0 Å². The largest absolute Gasteiger partial charge is 0.353 e. The van der Waals surface area contributed by atoms with Crippen molar-refractivity contribution in [1.82, 2.24) is 9.88 Å². The van der Waals surface area contributed by atoms with E-state index >= 15 is 0 Å². The Morgan fingerprint density at radius 2 is 2.14 bits per heavy atom. The molecule has 1 N–H and O–H groups in total. The van der Waals surface area contributed by atoms with Gasteiger partial charge < -0.3 is 4.98 Å². The number of rotatable bonds is 6. The van der Waals surface area contributed by atoms with Gasteiger partial charge in [0, 0.05) is 18.2 Å². The van der Waals surface area contributed by atoms with Crippen LogP contribution < -0.4 is 0 Å². The monoisotopic (exact) mass is 291 g/mol. The van der Waals surface area contributed by atoms with E-state index in [4.69, 9.17) is 0 Å². The first kappa shape index (κ1) is 14.9. The molecule has 0 bridgehead atoms. The third-order valence-corrected chi connectivity index (χ3v) is 2.99. The molecule has 0 aliphatic heterocycles. The van der Waals surface area contributed by atoms with Crippen LogP contribution in [0.4, 0.5) is 10.1 Å². The molecule has 2 rings (SSSR count). The molecule has 2 aromatic rings. The second-order valence-electron chi connectivity index (χ2n) is 4.72. The number of aromatic amines is 1. The van der Waals surface area contributed by atoms with Crippen LogP contribution >= 0.6 is 0 Å². The molecule has 21 heavy (non-hydrogen) atoms. The van der Waals surface area contributed by atoms with Gasteiger partial charge >= 0.3 is 0 Å². The van der Waals surface area contributed by atoms with Crippen molar-refractivity contribution in [3.05, 3.63) is 63.7 Å². The second-order valence-corrected chi connectivity index (χ2v) is 4.72. The fraction of sp³-hybridized carbons (Fsp3) is 0.214. The van der Waals surface area contributed by atoms with Crippen molar-refractivity contribution in [2.24, 2.45) is 0 Å². The van der Waals surface area contributed by atoms with Gasteiger partial charge in [-0.25, -0.2) is 4.39 Å². The van der Waals surface area contributed by atoms with E-state index in [1.165, 1.54) is 18.3 Å². The number of nitro groups is 1. The normalized spacial score (nSPS) is 10.8. The number of hydrogen-bond acceptors (Lipinski definition) is 4. The maximum absolute atomic E-state index is 13.5. The predicted octanol–water partition coefficient (Wildman–Crippen LogP) is 2.38. The summed E-state index contributed by atoms with van der Waals surface area (Å²) in [5.41, 5.74) is 0.502. The van der Waals surface area contributed by atoms with Gasteiger partial charge in [-0.3, -0.25) is 19.8 Å². The van der Waals surface area contributed by atoms with Gasteiger partial charge in [0.05, 0.1) is 23.4 Å². The van der Waals surface area contributed by atoms with Crippen molar-refractivity contribution in [2.45, 2.75) is 6.54 Å². The predicted molar refractivity (Wildman–Crippen MR) is 74.5 cm³/mol. The molecule has 110 valence electrons. The number of carbonyl (C=O) groups is 1. The van der Waals surface area contributed by atoms with E-state index < -0.39 is 4.92 Å². The third-order valence-electron chi connectivity index (χ3n) is 2.99. The summed E-state index contributed by atoms with van der Waals surface area (Å²) in [4.78, 5) is 26.2. The molecule has 7 heteroatoms. The Morgan fingerprint density at radius 3 is 2.76 bits per heavy atom. The minimum absolute atomic E-state index is 0.0337. The zero-order valence-corrected chi connectivity index (χ0v) is 11.4. The molecule has 6 nitrogen and oxygen atoms in total. The van der Waals surface area contributed by atoms with Gasteiger partial charge in [-0.05, 0) is 13.1 Å². The topological polar surface area (TPSA) is 79.2 Å². The summed E-state index contributed by atoms with van der Waals surface area (Å²) >= 11 is 0. The Balaban J connectivity index is 1.98. The zero-order valence-electron chi connectivity index (χ0n) is 11.4. The highest BCUT2D eigenvalue weighted by Gasteiger charge is 2.16. The number of Topliss-reactive ketones (excluding diaryl/α,β-unsaturated/α-hetero) is 1. The lowest BCUT2D eigenvalue weighted by molar-refractivity contribution is -0.384. The zero-order chi connectivity index (χ0) is 15.4. The molecule has 1 aromatic heterocycles. The van der Waals surface area contributed by atoms with Gasteiger partial charge in [-0.1, -0.05) is 18.2 Å². The maximum atomic E-state index is 13.5. The highest BCUT2D eigenvalue weighted by molar-refractivity contribution is 5.96. The average Bonchev–Trinajstić information content (AvgIpc) is 2.91. The Morgan fingerprint density at radius 1 is 1.43 bits per heavy atom. The standard InChI is InChI=1S/C14H14FN3O3/c1-17(8-10-4-2-3-5-12(10)15)9-14(19)13-6-11(7-16-13)18(20)21/h2-7,16H,8-9H2,1H3. The SMILES string of the molecule is CN(CC(=O)c1cc([N+](=O)[O-])c[nH]1)Cc1ccccc1F. The molecule has 0 saturated heterocycles. The van der Waals surface area contributed by atoms with Crippen LogP contribution in [0.5, 0.6) is 0 Å². The van der Waals surface area contributed by atoms with Crippen LogP contribution in [0.25, 0.3) is 0 Å². The second kappa shape index (κ2) is 6.27. The van der Waals surface area contributed by atoms with Crippen LogP contribution in [0, 0.1) is 15.9 Å². The Labute approximate surface area is 120 Å². The van der Waals surface area contributed by atoms with E-state index in [0.29, 0.717) is 5.56 Å². The van der Waals surface area contributed by atoms with Crippen molar-refractivity contribution < 1.29 is 14.1 Å². The first-order valence-electron chi connectivity index (χ1n) is 6.25. The van der Waals surface area contributed by atoms with Crippen molar-refractivity contribution in [3.8, 4) is 0 Å². The Hall–Kier alpha value is -2.54. The summed E-state index contributed by atoms with van der Waals surface area (Å²) in [5.74, 6) is -0.616. The number of nitrogens with zero attached hydrogens (tertiary/aromatic N) is 2. The van der Waals surface area contributed by atoms with Crippen LogP contribution in [0.1, 0.15) is 16.1 Å². The average molecular weight is 291 g/mol. The summed E-state index contributed by atoms with van der Waals surface area (Å²) in [5, 5.41) is 10.6. The number of halogens is 1. The first-order chi connectivity index (χ1) is 9.97. The summed E-state index contributed by atoms with van der Waals surface area (Å²) in [6, 6.07) is 7.53. The molecule has 0 fully saturated rings. The van der Waals surface area contributed by atoms with E-state index in [2.05, 4.69) is 4.98 Å². The molecule has 0 radical (unpaired) electrons.